The highest BCUT2D eigenvalue weighted by Gasteiger charge is 2.42. The van der Waals surface area contributed by atoms with E-state index >= 15 is 0 Å². The highest BCUT2D eigenvalue weighted by atomic mass is 16.7. The number of hydrogen-bond acceptors (Lipinski definition) is 3. The maximum absolute atomic E-state index is 5.75. The predicted molar refractivity (Wildman–Crippen MR) is 57.6 cm³/mol. The fraction of sp³-hybridized carbons (Fsp3) is 1.00. The molecule has 3 aliphatic rings. The zero-order valence-corrected chi connectivity index (χ0v) is 9.34. The summed E-state index contributed by atoms with van der Waals surface area (Å²) in [7, 11) is 0. The van der Waals surface area contributed by atoms with Gasteiger partial charge in [0.25, 0.3) is 0 Å². The molecule has 3 nitrogen and oxygen atoms in total. The van der Waals surface area contributed by atoms with Gasteiger partial charge in [0.2, 0.25) is 0 Å². The van der Waals surface area contributed by atoms with Crippen molar-refractivity contribution in [2.75, 3.05) is 26.3 Å². The highest BCUT2D eigenvalue weighted by molar-refractivity contribution is 4.87. The smallest absolute Gasteiger partial charge is 0.168 e. The van der Waals surface area contributed by atoms with E-state index in [0.717, 1.165) is 37.9 Å². The fourth-order valence-electron chi connectivity index (χ4n) is 3.42. The summed E-state index contributed by atoms with van der Waals surface area (Å²) in [4.78, 5) is 0. The van der Waals surface area contributed by atoms with Crippen LogP contribution in [0.3, 0.4) is 0 Å². The molecule has 1 saturated carbocycles. The van der Waals surface area contributed by atoms with Crippen LogP contribution < -0.4 is 5.32 Å². The normalized spacial score (nSPS) is 36.4. The van der Waals surface area contributed by atoms with Crippen molar-refractivity contribution in [3.63, 3.8) is 0 Å². The Kier molecular flexibility index (Phi) is 2.71. The van der Waals surface area contributed by atoms with Crippen molar-refractivity contribution < 1.29 is 9.47 Å². The summed E-state index contributed by atoms with van der Waals surface area (Å²) in [5.41, 5.74) is 0. The molecule has 86 valence electrons. The number of ether oxygens (including phenoxy) is 2. The average Bonchev–Trinajstić information content (AvgIpc) is 2.91. The van der Waals surface area contributed by atoms with Gasteiger partial charge in [0.1, 0.15) is 0 Å². The molecule has 1 N–H and O–H groups in total. The van der Waals surface area contributed by atoms with Gasteiger partial charge in [-0.15, -0.1) is 0 Å². The lowest BCUT2D eigenvalue weighted by atomic mass is 9.77. The van der Waals surface area contributed by atoms with Crippen molar-refractivity contribution in [3.05, 3.63) is 0 Å². The first-order valence-corrected chi connectivity index (χ1v) is 6.37. The minimum absolute atomic E-state index is 0.164. The van der Waals surface area contributed by atoms with E-state index < -0.39 is 0 Å². The quantitative estimate of drug-likeness (QED) is 0.713. The Morgan fingerprint density at radius 3 is 2.27 bits per heavy atom. The van der Waals surface area contributed by atoms with Crippen LogP contribution in [0.4, 0.5) is 0 Å². The Balaban J connectivity index is 1.55. The van der Waals surface area contributed by atoms with Gasteiger partial charge in [0.15, 0.2) is 5.79 Å². The Hall–Kier alpha value is -0.120. The summed E-state index contributed by atoms with van der Waals surface area (Å²) in [5.74, 6) is 1.67. The van der Waals surface area contributed by atoms with E-state index in [-0.39, 0.29) is 5.79 Å². The van der Waals surface area contributed by atoms with Gasteiger partial charge in [0, 0.05) is 12.8 Å². The molecule has 1 atom stereocenters. The summed E-state index contributed by atoms with van der Waals surface area (Å²) in [6.45, 7) is 4.06. The standard InChI is InChI=1S/C12H21NO2/c1-4-12(14-7-8-15-12)5-2-10(1)11-3-6-13-9-11/h10-11,13H,1-9H2. The van der Waals surface area contributed by atoms with Crippen LogP contribution in [0.25, 0.3) is 0 Å². The SMILES string of the molecule is C1CC(C2CCC3(CC2)OCCO3)CN1. The Bertz CT molecular complexity index is 210. The summed E-state index contributed by atoms with van der Waals surface area (Å²) in [6.07, 6.45) is 6.21. The van der Waals surface area contributed by atoms with Crippen molar-refractivity contribution in [3.8, 4) is 0 Å². The van der Waals surface area contributed by atoms with E-state index in [9.17, 15) is 0 Å². The second-order valence-corrected chi connectivity index (χ2v) is 5.20. The van der Waals surface area contributed by atoms with Gasteiger partial charge in [-0.3, -0.25) is 0 Å². The molecule has 2 aliphatic heterocycles. The van der Waals surface area contributed by atoms with E-state index in [1.807, 2.05) is 0 Å². The second-order valence-electron chi connectivity index (χ2n) is 5.20. The summed E-state index contributed by atoms with van der Waals surface area (Å²) < 4.78 is 11.5. The molecule has 0 radical (unpaired) electrons. The first-order valence-electron chi connectivity index (χ1n) is 6.37. The molecule has 1 spiro atoms. The Morgan fingerprint density at radius 2 is 1.67 bits per heavy atom. The molecule has 1 unspecified atom stereocenters. The second kappa shape index (κ2) is 4.04. The molecule has 0 aromatic rings. The van der Waals surface area contributed by atoms with Crippen molar-refractivity contribution in [2.45, 2.75) is 37.9 Å². The molecule has 3 fully saturated rings. The summed E-state index contributed by atoms with van der Waals surface area (Å²) in [6, 6.07) is 0. The lowest BCUT2D eigenvalue weighted by molar-refractivity contribution is -0.184. The lowest BCUT2D eigenvalue weighted by Gasteiger charge is -2.37. The van der Waals surface area contributed by atoms with E-state index in [0.29, 0.717) is 0 Å². The minimum Gasteiger partial charge on any atom is -0.348 e. The monoisotopic (exact) mass is 211 g/mol. The van der Waals surface area contributed by atoms with Gasteiger partial charge < -0.3 is 14.8 Å². The maximum Gasteiger partial charge on any atom is 0.168 e. The highest BCUT2D eigenvalue weighted by Crippen LogP contribution is 2.41. The van der Waals surface area contributed by atoms with E-state index in [1.54, 1.807) is 0 Å². The first kappa shape index (κ1) is 10.1. The molecule has 0 aromatic carbocycles. The van der Waals surface area contributed by atoms with Gasteiger partial charge in [-0.2, -0.15) is 0 Å². The third kappa shape index (κ3) is 1.93. The number of rotatable bonds is 1. The average molecular weight is 211 g/mol. The maximum atomic E-state index is 5.75. The molecule has 3 heteroatoms. The number of nitrogens with one attached hydrogen (secondary N) is 1. The molecular weight excluding hydrogens is 190 g/mol. The zero-order chi connectivity index (χ0) is 10.1. The van der Waals surface area contributed by atoms with Gasteiger partial charge in [-0.25, -0.2) is 0 Å². The molecular formula is C12H21NO2. The van der Waals surface area contributed by atoms with Crippen molar-refractivity contribution in [1.29, 1.82) is 0 Å². The molecule has 0 bridgehead atoms. The first-order chi connectivity index (χ1) is 7.38. The summed E-state index contributed by atoms with van der Waals surface area (Å²) >= 11 is 0. The van der Waals surface area contributed by atoms with Crippen LogP contribution in [0.1, 0.15) is 32.1 Å². The van der Waals surface area contributed by atoms with Crippen molar-refractivity contribution in [1.82, 2.24) is 5.32 Å². The fourth-order valence-corrected chi connectivity index (χ4v) is 3.42. The van der Waals surface area contributed by atoms with E-state index in [2.05, 4.69) is 5.32 Å². The molecule has 2 saturated heterocycles. The Morgan fingerprint density at radius 1 is 0.933 bits per heavy atom. The van der Waals surface area contributed by atoms with Gasteiger partial charge in [0.05, 0.1) is 13.2 Å². The molecule has 15 heavy (non-hydrogen) atoms. The number of hydrogen-bond donors (Lipinski definition) is 1. The molecule has 3 rings (SSSR count). The third-order valence-electron chi connectivity index (χ3n) is 4.37. The van der Waals surface area contributed by atoms with Gasteiger partial charge in [-0.1, -0.05) is 0 Å². The zero-order valence-electron chi connectivity index (χ0n) is 9.34. The van der Waals surface area contributed by atoms with Crippen LogP contribution in [0, 0.1) is 11.8 Å². The summed E-state index contributed by atoms with van der Waals surface area (Å²) in [5, 5.41) is 3.47. The minimum atomic E-state index is -0.164. The van der Waals surface area contributed by atoms with E-state index in [4.69, 9.17) is 9.47 Å². The van der Waals surface area contributed by atoms with Gasteiger partial charge >= 0.3 is 0 Å². The van der Waals surface area contributed by atoms with Crippen LogP contribution in [0.15, 0.2) is 0 Å². The van der Waals surface area contributed by atoms with Crippen molar-refractivity contribution in [2.24, 2.45) is 11.8 Å². The Labute approximate surface area is 91.5 Å². The van der Waals surface area contributed by atoms with Crippen LogP contribution in [-0.2, 0) is 9.47 Å². The van der Waals surface area contributed by atoms with Gasteiger partial charge in [-0.05, 0) is 44.2 Å². The van der Waals surface area contributed by atoms with Crippen LogP contribution in [0.5, 0.6) is 0 Å². The molecule has 0 aromatic heterocycles. The topological polar surface area (TPSA) is 30.5 Å². The van der Waals surface area contributed by atoms with Crippen LogP contribution in [-0.4, -0.2) is 32.1 Å². The van der Waals surface area contributed by atoms with Crippen molar-refractivity contribution >= 4 is 0 Å². The molecule has 2 heterocycles. The lowest BCUT2D eigenvalue weighted by Crippen LogP contribution is -2.37. The largest absolute Gasteiger partial charge is 0.348 e. The van der Waals surface area contributed by atoms with Crippen LogP contribution in [0.2, 0.25) is 0 Å². The molecule has 0 amide bonds. The van der Waals surface area contributed by atoms with E-state index in [1.165, 1.54) is 32.4 Å². The predicted octanol–water partition coefficient (Wildman–Crippen LogP) is 1.53. The third-order valence-corrected chi connectivity index (χ3v) is 4.37. The molecule has 1 aliphatic carbocycles. The van der Waals surface area contributed by atoms with Crippen LogP contribution >= 0.6 is 0 Å².